The smallest absolute Gasteiger partial charge is 0.126 e. The lowest BCUT2D eigenvalue weighted by molar-refractivity contribution is 0.223. The SMILES string of the molecule is CCCCn1cnc2ccc(-c3cccnc3-c3ccc(F)c(C)c3)cc21.CCCCn1cnc2ccc(-c3cccnc3-c3cccc(C)c3)cc21.Cc1cc(-c2ncccc2-c2ccc3ncn(CCCN4CCCCC4)c3c2)ccc1F.Cc1cc(-c2ncccc2-c2ccc3ncn(CCCO)c3c2)ccc1F.Cc1cccc(-c2ncccc2-c2ccc3ncn(CCCO)c3c2)c1. The summed E-state index contributed by atoms with van der Waals surface area (Å²) in [6.45, 7) is 22.3. The molecule has 2 N–H and O–H groups in total. The zero-order valence-corrected chi connectivity index (χ0v) is 79.3. The highest BCUT2D eigenvalue weighted by Gasteiger charge is 2.21. The van der Waals surface area contributed by atoms with E-state index in [9.17, 15) is 13.2 Å². The molecule has 18 nitrogen and oxygen atoms in total. The van der Waals surface area contributed by atoms with Gasteiger partial charge in [0.05, 0.1) is 115 Å². The van der Waals surface area contributed by atoms with Crippen LogP contribution in [-0.2, 0) is 32.7 Å². The highest BCUT2D eigenvalue weighted by atomic mass is 19.1. The zero-order chi connectivity index (χ0) is 95.4. The van der Waals surface area contributed by atoms with Crippen LogP contribution >= 0.6 is 0 Å². The molecule has 0 aliphatic carbocycles. The molecule has 1 aliphatic heterocycles. The normalized spacial score (nSPS) is 12.0. The molecule has 11 heterocycles. The second-order valence-corrected chi connectivity index (χ2v) is 35.5. The third-order valence-electron chi connectivity index (χ3n) is 25.5. The summed E-state index contributed by atoms with van der Waals surface area (Å²) in [5.74, 6) is -0.607. The van der Waals surface area contributed by atoms with Crippen molar-refractivity contribution < 1.29 is 23.4 Å². The monoisotopic (exact) mass is 1830 g/mol. The van der Waals surface area contributed by atoms with Crippen molar-refractivity contribution >= 4 is 55.2 Å². The summed E-state index contributed by atoms with van der Waals surface area (Å²) in [5, 5.41) is 18.2. The Labute approximate surface area is 804 Å². The minimum absolute atomic E-state index is 0.149. The number of likely N-dealkylation sites (tertiary alicyclic amines) is 1. The Hall–Kier alpha value is -15.0. The number of aromatic nitrogens is 15. The van der Waals surface area contributed by atoms with E-state index < -0.39 is 0 Å². The minimum atomic E-state index is -0.217. The van der Waals surface area contributed by atoms with Gasteiger partial charge in [0.15, 0.2) is 0 Å². The Bertz CT molecular complexity index is 7240. The molecule has 10 aromatic carbocycles. The highest BCUT2D eigenvalue weighted by molar-refractivity contribution is 5.93. The molecular formula is C117H115F3N16O2. The van der Waals surface area contributed by atoms with E-state index in [1.54, 1.807) is 63.9 Å². The third kappa shape index (κ3) is 22.4. The zero-order valence-electron chi connectivity index (χ0n) is 79.3. The first-order valence-corrected chi connectivity index (χ1v) is 47.9. The van der Waals surface area contributed by atoms with Gasteiger partial charge in [-0.3, -0.25) is 24.9 Å². The first-order chi connectivity index (χ1) is 67.5. The van der Waals surface area contributed by atoms with Gasteiger partial charge in [-0.05, 0) is 301 Å². The summed E-state index contributed by atoms with van der Waals surface area (Å²) in [5.41, 5.74) is 35.2. The fraction of sp³-hybridized carbons (Fsp3) is 0.231. The van der Waals surface area contributed by atoms with Crippen LogP contribution in [0.3, 0.4) is 0 Å². The van der Waals surface area contributed by atoms with Crippen molar-refractivity contribution in [2.45, 2.75) is 145 Å². The number of nitrogens with zero attached hydrogens (tertiary/aromatic N) is 16. The predicted octanol–water partition coefficient (Wildman–Crippen LogP) is 27.0. The maximum Gasteiger partial charge on any atom is 0.126 e. The molecule has 1 fully saturated rings. The van der Waals surface area contributed by atoms with Crippen molar-refractivity contribution in [3.8, 4) is 112 Å². The number of imidazole rings is 5. The third-order valence-corrected chi connectivity index (χ3v) is 25.5. The van der Waals surface area contributed by atoms with Crippen molar-refractivity contribution in [1.29, 1.82) is 0 Å². The lowest BCUT2D eigenvalue weighted by Gasteiger charge is -2.26. The van der Waals surface area contributed by atoms with E-state index in [2.05, 4.69) is 246 Å². The average molecular weight is 1830 g/mol. The number of piperidine rings is 1. The van der Waals surface area contributed by atoms with Gasteiger partial charge < -0.3 is 37.9 Å². The summed E-state index contributed by atoms with van der Waals surface area (Å²) in [4.78, 5) is 48.3. The molecule has 1 saturated heterocycles. The van der Waals surface area contributed by atoms with Gasteiger partial charge in [-0.25, -0.2) is 38.1 Å². The van der Waals surface area contributed by atoms with Gasteiger partial charge in [-0.15, -0.1) is 0 Å². The standard InChI is InChI=1S/C27H29FN4.C23H22FN3.C23H23N3.C22H20FN3O.C22H21N3O/c1-20-17-22(8-10-24(20)28)27-23(7-5-12-29-27)21-9-11-25-26(18-21)32(19-30-25)16-6-15-31-13-3-2-4-14-31;1-3-4-12-27-15-26-21-10-8-17(14-22(21)27)19-6-5-11-25-23(19)18-7-9-20(24)16(2)13-18;1-3-4-13-26-16-25-21-11-10-18(15-22(21)26)20-9-6-12-24-23(20)19-8-5-7-17(2)14-19;1-15-12-17(5-7-19(15)23)22-18(4-2-9-24-22)16-6-8-20-21(13-16)26(14-25-20)10-3-11-27;1-16-5-2-6-18(13-16)22-19(7-3-10-23-22)17-8-9-20-21(14-17)25(15-24-20)11-4-12-26/h5,7-12,17-19H,2-4,6,13-16H2,1H3;5-11,13-15H,3-4,12H2,1-2H3;5-12,14-16H,3-4,13H2,1-2H3;2,4-9,12-14,27H,3,10-11H2,1H3;2-3,5-10,13-15,26H,4,11-12H2,1H3. The van der Waals surface area contributed by atoms with E-state index in [0.29, 0.717) is 29.7 Å². The molecule has 21 rings (SSSR count). The molecule has 0 saturated carbocycles. The van der Waals surface area contributed by atoms with Gasteiger partial charge in [0.2, 0.25) is 0 Å². The van der Waals surface area contributed by atoms with Crippen LogP contribution in [0, 0.1) is 52.1 Å². The van der Waals surface area contributed by atoms with Crippen LogP contribution in [0.1, 0.15) is 106 Å². The Morgan fingerprint density at radius 1 is 0.254 bits per heavy atom. The van der Waals surface area contributed by atoms with Gasteiger partial charge in [0.1, 0.15) is 17.5 Å². The summed E-state index contributed by atoms with van der Waals surface area (Å²) in [6, 6.07) is 84.2. The van der Waals surface area contributed by atoms with Crippen LogP contribution in [0.25, 0.3) is 167 Å². The maximum atomic E-state index is 13.8. The van der Waals surface area contributed by atoms with Gasteiger partial charge >= 0.3 is 0 Å². The summed E-state index contributed by atoms with van der Waals surface area (Å²) < 4.78 is 52.0. The lowest BCUT2D eigenvalue weighted by atomic mass is 9.98. The van der Waals surface area contributed by atoms with E-state index in [1.807, 2.05) is 115 Å². The number of aliphatic hydroxyl groups is 2. The Morgan fingerprint density at radius 3 is 0.775 bits per heavy atom. The van der Waals surface area contributed by atoms with Crippen molar-refractivity contribution in [3.63, 3.8) is 0 Å². The molecule has 0 amide bonds. The quantitative estimate of drug-likeness (QED) is 0.0520. The topological polar surface area (TPSA) is 197 Å². The second kappa shape index (κ2) is 45.1. The number of fused-ring (bicyclic) bond motifs is 5. The lowest BCUT2D eigenvalue weighted by Crippen LogP contribution is -2.31. The fourth-order valence-corrected chi connectivity index (χ4v) is 18.1. The van der Waals surface area contributed by atoms with E-state index in [1.165, 1.54) is 79.2 Å². The summed E-state index contributed by atoms with van der Waals surface area (Å²) in [6.07, 6.45) is 29.7. The van der Waals surface area contributed by atoms with Crippen LogP contribution < -0.4 is 0 Å². The number of halogens is 3. The Balaban J connectivity index is 0.000000120. The van der Waals surface area contributed by atoms with E-state index >= 15 is 0 Å². The van der Waals surface area contributed by atoms with Crippen LogP contribution in [0.15, 0.2) is 317 Å². The number of aryl methyl sites for hydroxylation is 10. The molecule has 0 atom stereocenters. The number of hydrogen-bond donors (Lipinski definition) is 2. The largest absolute Gasteiger partial charge is 0.396 e. The maximum absolute atomic E-state index is 13.8. The highest BCUT2D eigenvalue weighted by Crippen LogP contribution is 2.40. The molecule has 0 spiro atoms. The van der Waals surface area contributed by atoms with Crippen LogP contribution in [0.2, 0.25) is 0 Å². The molecule has 10 aromatic heterocycles. The second-order valence-electron chi connectivity index (χ2n) is 35.5. The van der Waals surface area contributed by atoms with Gasteiger partial charge in [-0.1, -0.05) is 141 Å². The van der Waals surface area contributed by atoms with E-state index in [-0.39, 0.29) is 30.7 Å². The van der Waals surface area contributed by atoms with Crippen molar-refractivity contribution in [2.75, 3.05) is 32.8 Å². The summed E-state index contributed by atoms with van der Waals surface area (Å²) in [7, 11) is 0. The van der Waals surface area contributed by atoms with Crippen molar-refractivity contribution in [1.82, 2.24) is 77.6 Å². The number of unbranched alkanes of at least 4 members (excludes halogenated alkanes) is 2. The molecule has 138 heavy (non-hydrogen) atoms. The molecule has 1 aliphatic rings. The van der Waals surface area contributed by atoms with Crippen LogP contribution in [-0.4, -0.2) is 121 Å². The molecule has 20 aromatic rings. The molecule has 0 radical (unpaired) electrons. The summed E-state index contributed by atoms with van der Waals surface area (Å²) >= 11 is 0. The van der Waals surface area contributed by atoms with Crippen molar-refractivity contribution in [3.05, 3.63) is 363 Å². The predicted molar refractivity (Wildman–Crippen MR) is 554 cm³/mol. The van der Waals surface area contributed by atoms with Crippen LogP contribution in [0.5, 0.6) is 0 Å². The van der Waals surface area contributed by atoms with E-state index in [4.69, 9.17) is 10.2 Å². The fourth-order valence-electron chi connectivity index (χ4n) is 18.1. The minimum Gasteiger partial charge on any atom is -0.396 e. The van der Waals surface area contributed by atoms with Gasteiger partial charge in [0, 0.05) is 133 Å². The first-order valence-electron chi connectivity index (χ1n) is 47.9. The van der Waals surface area contributed by atoms with Crippen LogP contribution in [0.4, 0.5) is 13.2 Å². The number of rotatable bonds is 26. The number of hydrogen-bond acceptors (Lipinski definition) is 13. The van der Waals surface area contributed by atoms with Crippen molar-refractivity contribution in [2.24, 2.45) is 0 Å². The first kappa shape index (κ1) is 94.7. The molecular weight excluding hydrogens is 1720 g/mol. The Morgan fingerprint density at radius 2 is 0.514 bits per heavy atom. The van der Waals surface area contributed by atoms with E-state index in [0.717, 1.165) is 221 Å². The average Bonchev–Trinajstić information content (AvgIpc) is 1.46. The molecule has 696 valence electrons. The molecule has 0 unspecified atom stereocenters. The molecule has 0 bridgehead atoms. The molecule has 21 heteroatoms. The number of pyridine rings is 5. The Kier molecular flexibility index (Phi) is 30.9. The number of aliphatic hydroxyl groups excluding tert-OH is 2. The van der Waals surface area contributed by atoms with Gasteiger partial charge in [0.25, 0.3) is 0 Å². The van der Waals surface area contributed by atoms with Gasteiger partial charge in [-0.2, -0.15) is 0 Å². The number of benzene rings is 10.